The maximum absolute atomic E-state index is 10.5. The third kappa shape index (κ3) is 9.43. The standard InChI is InChI=1S/C11H20O4.Ca.2H/c1-2-3-4-5-6-7-8-9(10(12)13)11(14)15;;;/h9H,2-8H2,1H3,(H,12,13)(H,14,15);;;/q;+2;2*-1. The summed E-state index contributed by atoms with van der Waals surface area (Å²) in [4.78, 5) is 21.1. The fourth-order valence-corrected chi connectivity index (χ4v) is 1.48. The number of hydrogen-bond acceptors (Lipinski definition) is 2. The van der Waals surface area contributed by atoms with E-state index in [9.17, 15) is 9.59 Å². The second-order valence-corrected chi connectivity index (χ2v) is 3.79. The van der Waals surface area contributed by atoms with Gasteiger partial charge < -0.3 is 13.1 Å². The van der Waals surface area contributed by atoms with E-state index in [1.54, 1.807) is 0 Å². The maximum Gasteiger partial charge on any atom is 2.00 e. The number of hydrogen-bond donors (Lipinski definition) is 2. The first-order valence-electron chi connectivity index (χ1n) is 5.55. The van der Waals surface area contributed by atoms with Crippen LogP contribution in [-0.2, 0) is 9.59 Å². The van der Waals surface area contributed by atoms with Gasteiger partial charge in [-0.1, -0.05) is 45.4 Å². The van der Waals surface area contributed by atoms with Crippen molar-refractivity contribution < 1.29 is 22.7 Å². The van der Waals surface area contributed by atoms with Crippen molar-refractivity contribution in [3.63, 3.8) is 0 Å². The minimum atomic E-state index is -1.23. The summed E-state index contributed by atoms with van der Waals surface area (Å²) < 4.78 is 0. The summed E-state index contributed by atoms with van der Waals surface area (Å²) in [6.45, 7) is 2.13. The molecule has 0 saturated heterocycles. The molecule has 0 bridgehead atoms. The van der Waals surface area contributed by atoms with E-state index in [4.69, 9.17) is 10.2 Å². The van der Waals surface area contributed by atoms with E-state index < -0.39 is 17.9 Å². The van der Waals surface area contributed by atoms with Crippen molar-refractivity contribution in [2.75, 3.05) is 0 Å². The number of aliphatic carboxylic acids is 2. The Balaban J connectivity index is -0.000000327. The molecule has 0 aromatic carbocycles. The van der Waals surface area contributed by atoms with Gasteiger partial charge >= 0.3 is 49.7 Å². The first kappa shape index (κ1) is 18.6. The van der Waals surface area contributed by atoms with Crippen LogP contribution in [0.2, 0.25) is 0 Å². The minimum absolute atomic E-state index is 0. The Bertz CT molecular complexity index is 201. The Morgan fingerprint density at radius 3 is 1.88 bits per heavy atom. The van der Waals surface area contributed by atoms with Crippen LogP contribution in [0.3, 0.4) is 0 Å². The smallest absolute Gasteiger partial charge is 1.00 e. The molecule has 0 rings (SSSR count). The van der Waals surface area contributed by atoms with Gasteiger partial charge in [0.1, 0.15) is 0 Å². The Kier molecular flexibility index (Phi) is 13.5. The second-order valence-electron chi connectivity index (χ2n) is 3.79. The molecule has 0 amide bonds. The third-order valence-electron chi connectivity index (χ3n) is 2.44. The molecular formula is C11H22CaO4. The van der Waals surface area contributed by atoms with Gasteiger partial charge in [-0.05, 0) is 6.42 Å². The van der Waals surface area contributed by atoms with E-state index >= 15 is 0 Å². The SMILES string of the molecule is CCCCCCCCC(C(=O)O)C(=O)O.[Ca+2].[H-].[H-]. The number of carbonyl (C=O) groups is 2. The van der Waals surface area contributed by atoms with Gasteiger partial charge in [0.15, 0.2) is 5.92 Å². The second kappa shape index (κ2) is 11.7. The number of carboxylic acids is 2. The van der Waals surface area contributed by atoms with Gasteiger partial charge in [-0.25, -0.2) is 0 Å². The summed E-state index contributed by atoms with van der Waals surface area (Å²) in [5, 5.41) is 17.2. The Morgan fingerprint density at radius 1 is 1.00 bits per heavy atom. The molecule has 0 fully saturated rings. The topological polar surface area (TPSA) is 74.6 Å². The van der Waals surface area contributed by atoms with Crippen molar-refractivity contribution in [2.45, 2.75) is 51.9 Å². The summed E-state index contributed by atoms with van der Waals surface area (Å²) in [6.07, 6.45) is 6.45. The van der Waals surface area contributed by atoms with Crippen molar-refractivity contribution >= 4 is 49.7 Å². The predicted octanol–water partition coefficient (Wildman–Crippen LogP) is 2.37. The molecule has 16 heavy (non-hydrogen) atoms. The Hall–Kier alpha value is 0.200. The molecule has 0 spiro atoms. The Labute approximate surface area is 129 Å². The number of rotatable bonds is 9. The molecule has 0 aliphatic carbocycles. The van der Waals surface area contributed by atoms with Crippen molar-refractivity contribution in [1.29, 1.82) is 0 Å². The van der Waals surface area contributed by atoms with Gasteiger partial charge in [-0.3, -0.25) is 9.59 Å². The fraction of sp³-hybridized carbons (Fsp3) is 0.818. The van der Waals surface area contributed by atoms with Crippen LogP contribution in [0.1, 0.15) is 54.7 Å². The van der Waals surface area contributed by atoms with E-state index in [1.807, 2.05) is 0 Å². The first-order valence-corrected chi connectivity index (χ1v) is 5.55. The van der Waals surface area contributed by atoms with Crippen molar-refractivity contribution in [3.8, 4) is 0 Å². The number of unbranched alkanes of at least 4 members (excludes halogenated alkanes) is 5. The average molecular weight is 258 g/mol. The van der Waals surface area contributed by atoms with Crippen molar-refractivity contribution in [3.05, 3.63) is 0 Å². The van der Waals surface area contributed by atoms with Gasteiger partial charge in [-0.2, -0.15) is 0 Å². The van der Waals surface area contributed by atoms with Crippen LogP contribution in [0.15, 0.2) is 0 Å². The predicted molar refractivity (Wildman–Crippen MR) is 64.7 cm³/mol. The quantitative estimate of drug-likeness (QED) is 0.378. The van der Waals surface area contributed by atoms with Crippen LogP contribution in [0.25, 0.3) is 0 Å². The van der Waals surface area contributed by atoms with E-state index in [0.717, 1.165) is 19.3 Å². The minimum Gasteiger partial charge on any atom is -1.00 e. The van der Waals surface area contributed by atoms with E-state index in [-0.39, 0.29) is 47.0 Å². The fourth-order valence-electron chi connectivity index (χ4n) is 1.48. The molecule has 4 nitrogen and oxygen atoms in total. The zero-order valence-electron chi connectivity index (χ0n) is 11.9. The summed E-state index contributed by atoms with van der Waals surface area (Å²) in [5.41, 5.74) is 0. The Morgan fingerprint density at radius 2 is 1.44 bits per heavy atom. The van der Waals surface area contributed by atoms with Crippen LogP contribution in [0.4, 0.5) is 0 Å². The van der Waals surface area contributed by atoms with Gasteiger partial charge in [0, 0.05) is 0 Å². The summed E-state index contributed by atoms with van der Waals surface area (Å²) in [6, 6.07) is 0. The third-order valence-corrected chi connectivity index (χ3v) is 2.44. The largest absolute Gasteiger partial charge is 2.00 e. The zero-order valence-corrected chi connectivity index (χ0v) is 12.2. The molecular weight excluding hydrogens is 236 g/mol. The van der Waals surface area contributed by atoms with Crippen LogP contribution in [-0.4, -0.2) is 59.9 Å². The molecule has 0 saturated carbocycles. The molecule has 0 atom stereocenters. The van der Waals surface area contributed by atoms with E-state index in [2.05, 4.69) is 6.92 Å². The normalized spacial score (nSPS) is 9.88. The van der Waals surface area contributed by atoms with Crippen LogP contribution in [0, 0.1) is 5.92 Å². The molecule has 0 aliphatic heterocycles. The van der Waals surface area contributed by atoms with Gasteiger partial charge in [-0.15, -0.1) is 0 Å². The van der Waals surface area contributed by atoms with Crippen LogP contribution in [0.5, 0.6) is 0 Å². The first-order chi connectivity index (χ1) is 7.09. The van der Waals surface area contributed by atoms with Gasteiger partial charge in [0.25, 0.3) is 0 Å². The van der Waals surface area contributed by atoms with Gasteiger partial charge in [0.2, 0.25) is 0 Å². The van der Waals surface area contributed by atoms with E-state index in [0.29, 0.717) is 6.42 Å². The molecule has 0 aromatic rings. The maximum atomic E-state index is 10.5. The summed E-state index contributed by atoms with van der Waals surface area (Å²) >= 11 is 0. The molecule has 2 N–H and O–H groups in total. The van der Waals surface area contributed by atoms with Crippen molar-refractivity contribution in [2.24, 2.45) is 5.92 Å². The monoisotopic (exact) mass is 258 g/mol. The summed E-state index contributed by atoms with van der Waals surface area (Å²) in [7, 11) is 0. The van der Waals surface area contributed by atoms with E-state index in [1.165, 1.54) is 12.8 Å². The molecule has 0 radical (unpaired) electrons. The van der Waals surface area contributed by atoms with Gasteiger partial charge in [0.05, 0.1) is 0 Å². The zero-order chi connectivity index (χ0) is 11.7. The van der Waals surface area contributed by atoms with Crippen molar-refractivity contribution in [1.82, 2.24) is 0 Å². The van der Waals surface area contributed by atoms with Crippen LogP contribution < -0.4 is 0 Å². The molecule has 0 heterocycles. The van der Waals surface area contributed by atoms with Crippen LogP contribution >= 0.6 is 0 Å². The molecule has 0 unspecified atom stereocenters. The molecule has 5 heteroatoms. The average Bonchev–Trinajstić information content (AvgIpc) is 2.15. The molecule has 0 aliphatic rings. The molecule has 0 aromatic heterocycles. The summed E-state index contributed by atoms with van der Waals surface area (Å²) in [5.74, 6) is -3.68. The molecule has 92 valence electrons. The number of carboxylic acid groups (broad SMARTS) is 2.